The van der Waals surface area contributed by atoms with Crippen molar-refractivity contribution in [2.24, 2.45) is 5.92 Å². The Morgan fingerprint density at radius 3 is 2.82 bits per heavy atom. The van der Waals surface area contributed by atoms with Crippen LogP contribution in [0.4, 0.5) is 10.1 Å². The standard InChI is InChI=1S/C13H18FNO2/c1-9-6-13(12(15)7-11(9)14)17-8-10-2-4-16-5-3-10/h6-7,10H,2-5,8,15H2,1H3. The Morgan fingerprint density at radius 1 is 1.41 bits per heavy atom. The van der Waals surface area contributed by atoms with Crippen molar-refractivity contribution in [1.29, 1.82) is 0 Å². The number of nitrogens with two attached hydrogens (primary N) is 1. The van der Waals surface area contributed by atoms with Gasteiger partial charge in [0.25, 0.3) is 0 Å². The summed E-state index contributed by atoms with van der Waals surface area (Å²) < 4.78 is 24.1. The lowest BCUT2D eigenvalue weighted by Crippen LogP contribution is -2.21. The molecular weight excluding hydrogens is 221 g/mol. The molecule has 0 radical (unpaired) electrons. The van der Waals surface area contributed by atoms with E-state index in [4.69, 9.17) is 15.2 Å². The van der Waals surface area contributed by atoms with E-state index in [0.29, 0.717) is 29.5 Å². The number of rotatable bonds is 3. The van der Waals surface area contributed by atoms with Crippen molar-refractivity contribution in [2.75, 3.05) is 25.6 Å². The van der Waals surface area contributed by atoms with Crippen LogP contribution in [-0.4, -0.2) is 19.8 Å². The third-order valence-electron chi connectivity index (χ3n) is 3.11. The van der Waals surface area contributed by atoms with Gasteiger partial charge in [-0.15, -0.1) is 0 Å². The molecule has 0 spiro atoms. The lowest BCUT2D eigenvalue weighted by molar-refractivity contribution is 0.0498. The maximum Gasteiger partial charge on any atom is 0.142 e. The average Bonchev–Trinajstić information content (AvgIpc) is 2.33. The van der Waals surface area contributed by atoms with Gasteiger partial charge in [0, 0.05) is 19.3 Å². The number of benzene rings is 1. The summed E-state index contributed by atoms with van der Waals surface area (Å²) in [6, 6.07) is 2.97. The van der Waals surface area contributed by atoms with Crippen molar-refractivity contribution >= 4 is 5.69 Å². The molecule has 94 valence electrons. The number of hydrogen-bond acceptors (Lipinski definition) is 3. The van der Waals surface area contributed by atoms with Crippen molar-refractivity contribution in [3.05, 3.63) is 23.5 Å². The molecule has 17 heavy (non-hydrogen) atoms. The zero-order valence-electron chi connectivity index (χ0n) is 10.0. The molecule has 0 unspecified atom stereocenters. The number of nitrogen functional groups attached to an aromatic ring is 1. The molecule has 0 aromatic heterocycles. The largest absolute Gasteiger partial charge is 0.491 e. The maximum atomic E-state index is 13.2. The average molecular weight is 239 g/mol. The summed E-state index contributed by atoms with van der Waals surface area (Å²) in [4.78, 5) is 0. The Morgan fingerprint density at radius 2 is 2.12 bits per heavy atom. The highest BCUT2D eigenvalue weighted by Crippen LogP contribution is 2.26. The molecule has 1 fully saturated rings. The predicted molar refractivity (Wildman–Crippen MR) is 64.6 cm³/mol. The van der Waals surface area contributed by atoms with Gasteiger partial charge in [-0.1, -0.05) is 0 Å². The zero-order chi connectivity index (χ0) is 12.3. The minimum atomic E-state index is -0.291. The summed E-state index contributed by atoms with van der Waals surface area (Å²) in [5.41, 5.74) is 6.63. The van der Waals surface area contributed by atoms with Crippen LogP contribution in [0.15, 0.2) is 12.1 Å². The molecule has 1 aliphatic heterocycles. The number of aryl methyl sites for hydroxylation is 1. The second kappa shape index (κ2) is 5.36. The Labute approximate surface area is 101 Å². The molecule has 0 aliphatic carbocycles. The first-order valence-electron chi connectivity index (χ1n) is 5.93. The summed E-state index contributed by atoms with van der Waals surface area (Å²) in [6.07, 6.45) is 2.03. The Balaban J connectivity index is 1.96. The highest BCUT2D eigenvalue weighted by molar-refractivity contribution is 5.54. The Hall–Kier alpha value is -1.29. The van der Waals surface area contributed by atoms with E-state index in [1.165, 1.54) is 6.07 Å². The lowest BCUT2D eigenvalue weighted by atomic mass is 10.0. The number of hydrogen-bond donors (Lipinski definition) is 1. The van der Waals surface area contributed by atoms with Crippen molar-refractivity contribution in [2.45, 2.75) is 19.8 Å². The highest BCUT2D eigenvalue weighted by Gasteiger charge is 2.15. The maximum absolute atomic E-state index is 13.2. The van der Waals surface area contributed by atoms with Crippen LogP contribution in [0, 0.1) is 18.7 Å². The van der Waals surface area contributed by atoms with Crippen LogP contribution >= 0.6 is 0 Å². The monoisotopic (exact) mass is 239 g/mol. The zero-order valence-corrected chi connectivity index (χ0v) is 10.0. The van der Waals surface area contributed by atoms with Crippen molar-refractivity contribution in [3.63, 3.8) is 0 Å². The molecule has 0 atom stereocenters. The van der Waals surface area contributed by atoms with E-state index in [1.54, 1.807) is 13.0 Å². The fourth-order valence-corrected chi connectivity index (χ4v) is 1.92. The van der Waals surface area contributed by atoms with Crippen molar-refractivity contribution in [3.8, 4) is 5.75 Å². The molecule has 1 aromatic carbocycles. The molecule has 2 rings (SSSR count). The molecule has 2 N–H and O–H groups in total. The molecule has 0 amide bonds. The van der Waals surface area contributed by atoms with Crippen molar-refractivity contribution in [1.82, 2.24) is 0 Å². The van der Waals surface area contributed by atoms with E-state index in [0.717, 1.165) is 26.1 Å². The molecular formula is C13H18FNO2. The van der Waals surface area contributed by atoms with Crippen LogP contribution in [0.3, 0.4) is 0 Å². The van der Waals surface area contributed by atoms with E-state index in [1.807, 2.05) is 0 Å². The second-order valence-electron chi connectivity index (χ2n) is 4.51. The normalized spacial score (nSPS) is 17.1. The summed E-state index contributed by atoms with van der Waals surface area (Å²) in [5, 5.41) is 0. The lowest BCUT2D eigenvalue weighted by Gasteiger charge is -2.22. The molecule has 1 heterocycles. The summed E-state index contributed by atoms with van der Waals surface area (Å²) in [6.45, 7) is 3.92. The third kappa shape index (κ3) is 3.09. The van der Waals surface area contributed by atoms with Crippen LogP contribution < -0.4 is 10.5 Å². The Kier molecular flexibility index (Phi) is 3.84. The first kappa shape index (κ1) is 12.2. The first-order valence-corrected chi connectivity index (χ1v) is 5.93. The minimum Gasteiger partial charge on any atom is -0.491 e. The molecule has 0 bridgehead atoms. The van der Waals surface area contributed by atoms with Gasteiger partial charge in [0.05, 0.1) is 12.3 Å². The fraction of sp³-hybridized carbons (Fsp3) is 0.538. The van der Waals surface area contributed by atoms with E-state index in [2.05, 4.69) is 0 Å². The van der Waals surface area contributed by atoms with Gasteiger partial charge in [0.2, 0.25) is 0 Å². The smallest absolute Gasteiger partial charge is 0.142 e. The van der Waals surface area contributed by atoms with Gasteiger partial charge < -0.3 is 15.2 Å². The highest BCUT2D eigenvalue weighted by atomic mass is 19.1. The molecule has 0 saturated carbocycles. The summed E-state index contributed by atoms with van der Waals surface area (Å²) >= 11 is 0. The first-order chi connectivity index (χ1) is 8.16. The van der Waals surface area contributed by atoms with Crippen LogP contribution in [0.5, 0.6) is 5.75 Å². The van der Waals surface area contributed by atoms with E-state index >= 15 is 0 Å². The topological polar surface area (TPSA) is 44.5 Å². The molecule has 1 aromatic rings. The van der Waals surface area contributed by atoms with Crippen LogP contribution in [0.1, 0.15) is 18.4 Å². The van der Waals surface area contributed by atoms with Gasteiger partial charge in [-0.25, -0.2) is 4.39 Å². The number of halogens is 1. The van der Waals surface area contributed by atoms with E-state index in [-0.39, 0.29) is 5.82 Å². The van der Waals surface area contributed by atoms with Gasteiger partial charge in [0.1, 0.15) is 11.6 Å². The molecule has 1 aliphatic rings. The van der Waals surface area contributed by atoms with Gasteiger partial charge in [0.15, 0.2) is 0 Å². The number of anilines is 1. The SMILES string of the molecule is Cc1cc(OCC2CCOCC2)c(N)cc1F. The van der Waals surface area contributed by atoms with E-state index < -0.39 is 0 Å². The number of ether oxygens (including phenoxy) is 2. The molecule has 1 saturated heterocycles. The Bertz CT molecular complexity index is 389. The van der Waals surface area contributed by atoms with Crippen molar-refractivity contribution < 1.29 is 13.9 Å². The predicted octanol–water partition coefficient (Wildman–Crippen LogP) is 2.52. The quantitative estimate of drug-likeness (QED) is 0.824. The van der Waals surface area contributed by atoms with Crippen LogP contribution in [0.2, 0.25) is 0 Å². The third-order valence-corrected chi connectivity index (χ3v) is 3.11. The van der Waals surface area contributed by atoms with E-state index in [9.17, 15) is 4.39 Å². The fourth-order valence-electron chi connectivity index (χ4n) is 1.92. The summed E-state index contributed by atoms with van der Waals surface area (Å²) in [7, 11) is 0. The molecule has 3 nitrogen and oxygen atoms in total. The van der Waals surface area contributed by atoms with Gasteiger partial charge in [-0.3, -0.25) is 0 Å². The minimum absolute atomic E-state index is 0.291. The van der Waals surface area contributed by atoms with Gasteiger partial charge in [-0.2, -0.15) is 0 Å². The second-order valence-corrected chi connectivity index (χ2v) is 4.51. The van der Waals surface area contributed by atoms with Gasteiger partial charge >= 0.3 is 0 Å². The molecule has 4 heteroatoms. The van der Waals surface area contributed by atoms with Crippen LogP contribution in [0.25, 0.3) is 0 Å². The summed E-state index contributed by atoms with van der Waals surface area (Å²) in [5.74, 6) is 0.796. The van der Waals surface area contributed by atoms with Crippen LogP contribution in [-0.2, 0) is 4.74 Å². The van der Waals surface area contributed by atoms with Gasteiger partial charge in [-0.05, 0) is 37.3 Å².